The molecule has 0 aromatic heterocycles. The van der Waals surface area contributed by atoms with Crippen LogP contribution in [-0.4, -0.2) is 50.7 Å². The Labute approximate surface area is 83.9 Å². The van der Waals surface area contributed by atoms with E-state index < -0.39 is 42.3 Å². The van der Waals surface area contributed by atoms with E-state index in [1.807, 2.05) is 0 Å². The third-order valence-electron chi connectivity index (χ3n) is 1.13. The Kier molecular flexibility index (Phi) is 5.45. The molecule has 6 nitrogen and oxygen atoms in total. The Morgan fingerprint density at radius 1 is 1.27 bits per heavy atom. The maximum atomic E-state index is 11.6. The molecular formula is C5H10F3NO5S. The molecular weight excluding hydrogens is 243 g/mol. The fraction of sp³-hybridized carbons (Fsp3) is 1.00. The average Bonchev–Trinajstić information content (AvgIpc) is 2.10. The van der Waals surface area contributed by atoms with Gasteiger partial charge in [-0.2, -0.15) is 26.3 Å². The molecule has 0 spiro atoms. The number of hydrogen-bond donors (Lipinski definition) is 3. The lowest BCUT2D eigenvalue weighted by atomic mass is 10.4. The SMILES string of the molecule is O=S(=O)(NC(CO)CO)OCC(F)(F)F. The molecule has 0 heterocycles. The van der Waals surface area contributed by atoms with E-state index in [1.165, 1.54) is 4.72 Å². The lowest BCUT2D eigenvalue weighted by Crippen LogP contribution is -2.41. The van der Waals surface area contributed by atoms with Crippen molar-refractivity contribution in [3.05, 3.63) is 0 Å². The molecule has 0 saturated heterocycles. The number of rotatable bonds is 6. The second-order valence-electron chi connectivity index (χ2n) is 2.51. The predicted octanol–water partition coefficient (Wildman–Crippen LogP) is -1.25. The van der Waals surface area contributed by atoms with Crippen molar-refractivity contribution in [2.75, 3.05) is 19.8 Å². The first-order valence-corrected chi connectivity index (χ1v) is 5.06. The molecule has 0 bridgehead atoms. The van der Waals surface area contributed by atoms with Crippen LogP contribution in [0.4, 0.5) is 13.2 Å². The van der Waals surface area contributed by atoms with E-state index in [9.17, 15) is 21.6 Å². The highest BCUT2D eigenvalue weighted by molar-refractivity contribution is 7.84. The van der Waals surface area contributed by atoms with E-state index in [1.54, 1.807) is 0 Å². The zero-order valence-electron chi connectivity index (χ0n) is 7.36. The second-order valence-corrected chi connectivity index (χ2v) is 3.89. The predicted molar refractivity (Wildman–Crippen MR) is 42.0 cm³/mol. The lowest BCUT2D eigenvalue weighted by Gasteiger charge is -2.14. The van der Waals surface area contributed by atoms with Gasteiger partial charge in [-0.3, -0.25) is 0 Å². The van der Waals surface area contributed by atoms with E-state index in [0.717, 1.165) is 0 Å². The van der Waals surface area contributed by atoms with Crippen LogP contribution in [0.25, 0.3) is 0 Å². The quantitative estimate of drug-likeness (QED) is 0.550. The van der Waals surface area contributed by atoms with Gasteiger partial charge in [0.15, 0.2) is 6.61 Å². The molecule has 0 rings (SSSR count). The maximum absolute atomic E-state index is 11.6. The molecule has 0 fully saturated rings. The summed E-state index contributed by atoms with van der Waals surface area (Å²) in [5.41, 5.74) is 0. The number of aliphatic hydroxyl groups is 2. The first kappa shape index (κ1) is 14.6. The molecule has 0 amide bonds. The summed E-state index contributed by atoms with van der Waals surface area (Å²) in [7, 11) is -4.63. The molecule has 92 valence electrons. The van der Waals surface area contributed by atoms with E-state index in [4.69, 9.17) is 10.2 Å². The Hall–Kier alpha value is -0.420. The summed E-state index contributed by atoms with van der Waals surface area (Å²) >= 11 is 0. The zero-order valence-corrected chi connectivity index (χ0v) is 8.18. The molecule has 0 unspecified atom stereocenters. The highest BCUT2D eigenvalue weighted by Crippen LogP contribution is 2.15. The van der Waals surface area contributed by atoms with Gasteiger partial charge in [0, 0.05) is 0 Å². The topological polar surface area (TPSA) is 95.9 Å². The van der Waals surface area contributed by atoms with Crippen molar-refractivity contribution in [3.63, 3.8) is 0 Å². The Balaban J connectivity index is 4.20. The van der Waals surface area contributed by atoms with Crippen LogP contribution >= 0.6 is 0 Å². The van der Waals surface area contributed by atoms with E-state index in [0.29, 0.717) is 0 Å². The molecule has 0 aliphatic rings. The van der Waals surface area contributed by atoms with Crippen LogP contribution in [0.15, 0.2) is 0 Å². The summed E-state index contributed by atoms with van der Waals surface area (Å²) in [6, 6.07) is -1.29. The van der Waals surface area contributed by atoms with Crippen LogP contribution in [0.3, 0.4) is 0 Å². The van der Waals surface area contributed by atoms with Gasteiger partial charge in [-0.25, -0.2) is 4.18 Å². The highest BCUT2D eigenvalue weighted by atomic mass is 32.2. The van der Waals surface area contributed by atoms with E-state index in [2.05, 4.69) is 4.18 Å². The number of halogens is 3. The van der Waals surface area contributed by atoms with Gasteiger partial charge in [0.25, 0.3) is 0 Å². The van der Waals surface area contributed by atoms with Gasteiger partial charge >= 0.3 is 16.5 Å². The molecule has 0 aliphatic heterocycles. The smallest absolute Gasteiger partial charge is 0.395 e. The summed E-state index contributed by atoms with van der Waals surface area (Å²) in [4.78, 5) is 0. The second kappa shape index (κ2) is 5.61. The Morgan fingerprint density at radius 2 is 1.73 bits per heavy atom. The number of nitrogens with one attached hydrogen (secondary N) is 1. The molecule has 0 aromatic carbocycles. The van der Waals surface area contributed by atoms with Crippen molar-refractivity contribution >= 4 is 10.3 Å². The van der Waals surface area contributed by atoms with Gasteiger partial charge in [-0.1, -0.05) is 0 Å². The molecule has 0 aromatic rings. The normalized spacial score (nSPS) is 13.5. The summed E-state index contributed by atoms with van der Waals surface area (Å²) in [6.45, 7) is -3.48. The largest absolute Gasteiger partial charge is 0.413 e. The lowest BCUT2D eigenvalue weighted by molar-refractivity contribution is -0.152. The van der Waals surface area contributed by atoms with Crippen molar-refractivity contribution in [1.82, 2.24) is 4.72 Å². The minimum Gasteiger partial charge on any atom is -0.395 e. The first-order chi connectivity index (χ1) is 6.70. The van der Waals surface area contributed by atoms with Crippen molar-refractivity contribution < 1.29 is 36.0 Å². The fourth-order valence-corrected chi connectivity index (χ4v) is 1.43. The maximum Gasteiger partial charge on any atom is 0.413 e. The zero-order chi connectivity index (χ0) is 12.1. The van der Waals surface area contributed by atoms with Crippen molar-refractivity contribution in [3.8, 4) is 0 Å². The van der Waals surface area contributed by atoms with Gasteiger partial charge in [-0.05, 0) is 0 Å². The minimum atomic E-state index is -4.78. The van der Waals surface area contributed by atoms with Gasteiger partial charge in [0.2, 0.25) is 0 Å². The molecule has 3 N–H and O–H groups in total. The van der Waals surface area contributed by atoms with Gasteiger partial charge in [0.05, 0.1) is 19.3 Å². The molecule has 0 atom stereocenters. The molecule has 0 saturated carbocycles. The van der Waals surface area contributed by atoms with Crippen LogP contribution in [-0.2, 0) is 14.5 Å². The molecule has 10 heteroatoms. The number of aliphatic hydroxyl groups excluding tert-OH is 2. The minimum absolute atomic E-state index is 0.759. The van der Waals surface area contributed by atoms with E-state index >= 15 is 0 Å². The fourth-order valence-electron chi connectivity index (χ4n) is 0.515. The first-order valence-electron chi connectivity index (χ1n) is 3.65. The third kappa shape index (κ3) is 7.50. The van der Waals surface area contributed by atoms with Crippen LogP contribution in [0.5, 0.6) is 0 Å². The van der Waals surface area contributed by atoms with Crippen molar-refractivity contribution in [2.45, 2.75) is 12.2 Å². The van der Waals surface area contributed by atoms with E-state index in [-0.39, 0.29) is 0 Å². The summed E-state index contributed by atoms with van der Waals surface area (Å²) in [6.07, 6.45) is -4.78. The monoisotopic (exact) mass is 253 g/mol. The van der Waals surface area contributed by atoms with Gasteiger partial charge in [-0.15, -0.1) is 0 Å². The standard InChI is InChI=1S/C5H10F3NO5S/c6-5(7,8)3-14-15(12,13)9-4(1-10)2-11/h4,9-11H,1-3H2. The van der Waals surface area contributed by atoms with Gasteiger partial charge < -0.3 is 10.2 Å². The molecule has 15 heavy (non-hydrogen) atoms. The van der Waals surface area contributed by atoms with Crippen LogP contribution in [0.1, 0.15) is 0 Å². The number of hydrogen-bond acceptors (Lipinski definition) is 5. The van der Waals surface area contributed by atoms with Crippen molar-refractivity contribution in [1.29, 1.82) is 0 Å². The average molecular weight is 253 g/mol. The third-order valence-corrected chi connectivity index (χ3v) is 2.18. The molecule has 0 radical (unpaired) electrons. The molecule has 0 aliphatic carbocycles. The summed E-state index contributed by atoms with van der Waals surface area (Å²) in [5, 5.41) is 16.9. The number of alkyl halides is 3. The van der Waals surface area contributed by atoms with Crippen LogP contribution in [0.2, 0.25) is 0 Å². The van der Waals surface area contributed by atoms with Gasteiger partial charge in [0.1, 0.15) is 0 Å². The summed E-state index contributed by atoms with van der Waals surface area (Å²) < 4.78 is 61.3. The van der Waals surface area contributed by atoms with Crippen molar-refractivity contribution in [2.24, 2.45) is 0 Å². The van der Waals surface area contributed by atoms with Crippen LogP contribution < -0.4 is 4.72 Å². The Bertz CT molecular complexity index is 273. The Morgan fingerprint density at radius 3 is 2.07 bits per heavy atom. The highest BCUT2D eigenvalue weighted by Gasteiger charge is 2.31. The summed E-state index contributed by atoms with van der Waals surface area (Å²) in [5.74, 6) is 0. The van der Waals surface area contributed by atoms with Crippen LogP contribution in [0, 0.1) is 0 Å².